The van der Waals surface area contributed by atoms with E-state index in [1.54, 1.807) is 19.2 Å². The first-order chi connectivity index (χ1) is 10.9. The molecule has 0 aliphatic heterocycles. The fourth-order valence-corrected chi connectivity index (χ4v) is 2.57. The number of carbonyl (C=O) groups is 1. The Kier molecular flexibility index (Phi) is 3.73. The Bertz CT molecular complexity index is 933. The molecular formula is C17H17N3O3. The number of hydrogen-bond acceptors (Lipinski definition) is 4. The molecule has 1 amide bonds. The maximum atomic E-state index is 12.2. The summed E-state index contributed by atoms with van der Waals surface area (Å²) in [6.45, 7) is 3.84. The van der Waals surface area contributed by atoms with Gasteiger partial charge in [0.1, 0.15) is 5.82 Å². The van der Waals surface area contributed by atoms with Crippen LogP contribution in [0.5, 0.6) is 0 Å². The number of aryl methyl sites for hydroxylation is 3. The molecule has 0 radical (unpaired) electrons. The van der Waals surface area contributed by atoms with Crippen LogP contribution in [0.4, 0.5) is 5.82 Å². The Morgan fingerprint density at radius 1 is 1.26 bits per heavy atom. The van der Waals surface area contributed by atoms with Gasteiger partial charge in [0.2, 0.25) is 5.91 Å². The van der Waals surface area contributed by atoms with Crippen LogP contribution in [0.15, 0.2) is 39.5 Å². The van der Waals surface area contributed by atoms with E-state index in [0.29, 0.717) is 16.9 Å². The molecule has 1 aromatic carbocycles. The van der Waals surface area contributed by atoms with Crippen molar-refractivity contribution in [3.05, 3.63) is 57.7 Å². The lowest BCUT2D eigenvalue weighted by molar-refractivity contribution is -0.115. The number of fused-ring (bicyclic) bond motifs is 1. The lowest BCUT2D eigenvalue weighted by Crippen LogP contribution is -2.15. The molecule has 118 valence electrons. The Hall–Kier alpha value is -2.89. The first-order valence-electron chi connectivity index (χ1n) is 7.26. The smallest absolute Gasteiger partial charge is 0.408 e. The summed E-state index contributed by atoms with van der Waals surface area (Å²) in [6.07, 6.45) is 0.184. The monoisotopic (exact) mass is 311 g/mol. The minimum absolute atomic E-state index is 0.167. The summed E-state index contributed by atoms with van der Waals surface area (Å²) in [5.41, 5.74) is 3.85. The molecule has 1 N–H and O–H groups in total. The molecule has 0 bridgehead atoms. The van der Waals surface area contributed by atoms with Gasteiger partial charge in [0, 0.05) is 12.7 Å². The van der Waals surface area contributed by atoms with Gasteiger partial charge in [-0.3, -0.25) is 9.36 Å². The van der Waals surface area contributed by atoms with Crippen molar-refractivity contribution in [2.45, 2.75) is 20.3 Å². The van der Waals surface area contributed by atoms with Crippen LogP contribution < -0.4 is 11.1 Å². The van der Waals surface area contributed by atoms with E-state index in [4.69, 9.17) is 4.42 Å². The van der Waals surface area contributed by atoms with E-state index in [-0.39, 0.29) is 12.3 Å². The molecule has 2 aromatic heterocycles. The Labute approximate surface area is 132 Å². The summed E-state index contributed by atoms with van der Waals surface area (Å²) >= 11 is 0. The first-order valence-corrected chi connectivity index (χ1v) is 7.26. The van der Waals surface area contributed by atoms with Crippen molar-refractivity contribution in [2.75, 3.05) is 5.32 Å². The summed E-state index contributed by atoms with van der Waals surface area (Å²) in [5.74, 6) is -0.0408. The number of nitrogens with one attached hydrogen (secondary N) is 1. The van der Waals surface area contributed by atoms with E-state index in [1.807, 2.05) is 32.0 Å². The number of hydrogen-bond donors (Lipinski definition) is 1. The highest BCUT2D eigenvalue weighted by molar-refractivity contribution is 5.92. The maximum Gasteiger partial charge on any atom is 0.419 e. The van der Waals surface area contributed by atoms with Crippen molar-refractivity contribution in [3.8, 4) is 0 Å². The van der Waals surface area contributed by atoms with Crippen molar-refractivity contribution in [1.29, 1.82) is 0 Å². The number of carbonyl (C=O) groups excluding carboxylic acids is 1. The third-order valence-corrected chi connectivity index (χ3v) is 3.59. The Balaban J connectivity index is 1.78. The molecule has 23 heavy (non-hydrogen) atoms. The SMILES string of the molecule is Cc1cc(C)nc(NC(=O)Cc2ccc3c(c2)oc(=O)n3C)c1. The molecule has 6 nitrogen and oxygen atoms in total. The molecule has 0 aliphatic rings. The maximum absolute atomic E-state index is 12.2. The third-order valence-electron chi connectivity index (χ3n) is 3.59. The van der Waals surface area contributed by atoms with Crippen molar-refractivity contribution in [1.82, 2.24) is 9.55 Å². The molecule has 6 heteroatoms. The lowest BCUT2D eigenvalue weighted by Gasteiger charge is -2.06. The highest BCUT2D eigenvalue weighted by Gasteiger charge is 2.10. The van der Waals surface area contributed by atoms with Gasteiger partial charge in [-0.1, -0.05) is 6.07 Å². The van der Waals surface area contributed by atoms with E-state index in [1.165, 1.54) is 4.57 Å². The van der Waals surface area contributed by atoms with Gasteiger partial charge in [0.25, 0.3) is 0 Å². The van der Waals surface area contributed by atoms with Gasteiger partial charge in [-0.15, -0.1) is 0 Å². The fraction of sp³-hybridized carbons (Fsp3) is 0.235. The van der Waals surface area contributed by atoms with Crippen LogP contribution in [0.25, 0.3) is 11.1 Å². The number of amides is 1. The molecule has 0 saturated carbocycles. The number of benzene rings is 1. The summed E-state index contributed by atoms with van der Waals surface area (Å²) < 4.78 is 6.56. The van der Waals surface area contributed by atoms with E-state index < -0.39 is 5.76 Å². The molecule has 0 spiro atoms. The average molecular weight is 311 g/mol. The van der Waals surface area contributed by atoms with Crippen molar-refractivity contribution < 1.29 is 9.21 Å². The summed E-state index contributed by atoms with van der Waals surface area (Å²) in [5, 5.41) is 2.79. The van der Waals surface area contributed by atoms with Gasteiger partial charge < -0.3 is 9.73 Å². The highest BCUT2D eigenvalue weighted by atomic mass is 16.4. The van der Waals surface area contributed by atoms with Crippen molar-refractivity contribution in [3.63, 3.8) is 0 Å². The van der Waals surface area contributed by atoms with Crippen LogP contribution in [0.1, 0.15) is 16.8 Å². The number of anilines is 1. The zero-order chi connectivity index (χ0) is 16.6. The second-order valence-electron chi connectivity index (χ2n) is 5.63. The van der Waals surface area contributed by atoms with Crippen LogP contribution in [-0.4, -0.2) is 15.5 Å². The predicted octanol–water partition coefficient (Wildman–Crippen LogP) is 2.32. The predicted molar refractivity (Wildman–Crippen MR) is 87.5 cm³/mol. The first kappa shape index (κ1) is 15.0. The van der Waals surface area contributed by atoms with Crippen molar-refractivity contribution >= 4 is 22.8 Å². The number of pyridine rings is 1. The van der Waals surface area contributed by atoms with E-state index >= 15 is 0 Å². The Morgan fingerprint density at radius 3 is 2.78 bits per heavy atom. The third kappa shape index (κ3) is 3.15. The molecule has 0 atom stereocenters. The van der Waals surface area contributed by atoms with E-state index in [9.17, 15) is 9.59 Å². The molecule has 0 fully saturated rings. The van der Waals surface area contributed by atoms with Crippen LogP contribution in [0, 0.1) is 13.8 Å². The van der Waals surface area contributed by atoms with Crippen LogP contribution in [0.2, 0.25) is 0 Å². The summed E-state index contributed by atoms with van der Waals surface area (Å²) in [6, 6.07) is 9.07. The number of oxazole rings is 1. The molecule has 0 unspecified atom stereocenters. The van der Waals surface area contributed by atoms with Gasteiger partial charge in [-0.05, 0) is 49.2 Å². The van der Waals surface area contributed by atoms with Crippen LogP contribution >= 0.6 is 0 Å². The molecule has 3 aromatic rings. The highest BCUT2D eigenvalue weighted by Crippen LogP contribution is 2.15. The number of nitrogens with zero attached hydrogens (tertiary/aromatic N) is 2. The topological polar surface area (TPSA) is 77.1 Å². The van der Waals surface area contributed by atoms with E-state index in [2.05, 4.69) is 10.3 Å². The lowest BCUT2D eigenvalue weighted by atomic mass is 10.1. The quantitative estimate of drug-likeness (QED) is 0.805. The summed E-state index contributed by atoms with van der Waals surface area (Å²) in [7, 11) is 1.65. The average Bonchev–Trinajstić information content (AvgIpc) is 2.72. The Morgan fingerprint density at radius 2 is 2.04 bits per heavy atom. The zero-order valence-corrected chi connectivity index (χ0v) is 13.2. The minimum Gasteiger partial charge on any atom is -0.408 e. The van der Waals surface area contributed by atoms with Crippen LogP contribution in [0.3, 0.4) is 0 Å². The van der Waals surface area contributed by atoms with Crippen LogP contribution in [-0.2, 0) is 18.3 Å². The summed E-state index contributed by atoms with van der Waals surface area (Å²) in [4.78, 5) is 27.9. The zero-order valence-electron chi connectivity index (χ0n) is 13.2. The second-order valence-corrected chi connectivity index (χ2v) is 5.63. The van der Waals surface area contributed by atoms with Gasteiger partial charge >= 0.3 is 5.76 Å². The number of rotatable bonds is 3. The molecular weight excluding hydrogens is 294 g/mol. The van der Waals surface area contributed by atoms with E-state index in [0.717, 1.165) is 16.8 Å². The van der Waals surface area contributed by atoms with Gasteiger partial charge in [0.05, 0.1) is 11.9 Å². The molecule has 0 aliphatic carbocycles. The number of aromatic nitrogens is 2. The normalized spacial score (nSPS) is 10.9. The van der Waals surface area contributed by atoms with Gasteiger partial charge in [-0.25, -0.2) is 9.78 Å². The minimum atomic E-state index is -0.416. The van der Waals surface area contributed by atoms with Crippen molar-refractivity contribution in [2.24, 2.45) is 7.05 Å². The molecule has 2 heterocycles. The molecule has 0 saturated heterocycles. The molecule has 3 rings (SSSR count). The van der Waals surface area contributed by atoms with Gasteiger partial charge in [-0.2, -0.15) is 0 Å². The van der Waals surface area contributed by atoms with Gasteiger partial charge in [0.15, 0.2) is 5.58 Å². The fourth-order valence-electron chi connectivity index (χ4n) is 2.57. The largest absolute Gasteiger partial charge is 0.419 e. The second kappa shape index (κ2) is 5.72. The standard InChI is InChI=1S/C17H17N3O3/c1-10-6-11(2)18-15(7-10)19-16(21)9-12-4-5-13-14(8-12)23-17(22)20(13)3/h4-8H,9H2,1-3H3,(H,18,19,21).